The first-order chi connectivity index (χ1) is 11.7. The van der Waals surface area contributed by atoms with Crippen LogP contribution in [0.2, 0.25) is 0 Å². The predicted molar refractivity (Wildman–Crippen MR) is 91.6 cm³/mol. The minimum absolute atomic E-state index is 0.256. The van der Waals surface area contributed by atoms with E-state index in [0.29, 0.717) is 17.2 Å². The van der Waals surface area contributed by atoms with Gasteiger partial charge in [0, 0.05) is 24.5 Å². The Balaban J connectivity index is 1.50. The number of carbonyl (C=O) groups is 1. The number of carbonyl (C=O) groups excluding carboxylic acids is 1. The number of aryl methyl sites for hydroxylation is 1. The van der Waals surface area contributed by atoms with Gasteiger partial charge in [0.2, 0.25) is 11.8 Å². The number of aromatic nitrogens is 3. The van der Waals surface area contributed by atoms with Crippen molar-refractivity contribution >= 4 is 34.4 Å². The molecule has 24 heavy (non-hydrogen) atoms. The van der Waals surface area contributed by atoms with Crippen LogP contribution in [0.5, 0.6) is 0 Å². The highest BCUT2D eigenvalue weighted by atomic mass is 16.3. The Bertz CT molecular complexity index is 1040. The van der Waals surface area contributed by atoms with E-state index in [9.17, 15) is 4.79 Å². The number of amides is 1. The molecule has 1 aromatic carbocycles. The summed E-state index contributed by atoms with van der Waals surface area (Å²) < 4.78 is 7.41. The second kappa shape index (κ2) is 5.66. The van der Waals surface area contributed by atoms with Crippen LogP contribution in [0.4, 0.5) is 5.69 Å². The van der Waals surface area contributed by atoms with E-state index in [1.165, 1.54) is 6.08 Å². The molecule has 3 aromatic heterocycles. The van der Waals surface area contributed by atoms with Crippen LogP contribution in [0, 0.1) is 6.92 Å². The zero-order valence-electron chi connectivity index (χ0n) is 12.9. The SMILES string of the molecule is Cc1cn2cc(NC(=O)/C=C\c3nc4ccccc4o3)ccc2n1. The highest BCUT2D eigenvalue weighted by molar-refractivity contribution is 6.01. The Kier molecular flexibility index (Phi) is 3.35. The van der Waals surface area contributed by atoms with Gasteiger partial charge in [0.15, 0.2) is 5.58 Å². The van der Waals surface area contributed by atoms with Gasteiger partial charge in [-0.05, 0) is 31.2 Å². The minimum Gasteiger partial charge on any atom is -0.437 e. The third-order valence-electron chi connectivity index (χ3n) is 3.53. The number of nitrogens with one attached hydrogen (secondary N) is 1. The zero-order chi connectivity index (χ0) is 16.5. The van der Waals surface area contributed by atoms with E-state index in [2.05, 4.69) is 15.3 Å². The van der Waals surface area contributed by atoms with Crippen molar-refractivity contribution in [1.29, 1.82) is 0 Å². The fourth-order valence-electron chi connectivity index (χ4n) is 2.48. The largest absolute Gasteiger partial charge is 0.437 e. The van der Waals surface area contributed by atoms with Gasteiger partial charge in [0.05, 0.1) is 11.4 Å². The average Bonchev–Trinajstić information content (AvgIpc) is 3.14. The number of benzene rings is 1. The summed E-state index contributed by atoms with van der Waals surface area (Å²) in [4.78, 5) is 20.7. The molecule has 0 radical (unpaired) electrons. The number of nitrogens with zero attached hydrogens (tertiary/aromatic N) is 3. The third-order valence-corrected chi connectivity index (χ3v) is 3.53. The summed E-state index contributed by atoms with van der Waals surface area (Å²) in [5.41, 5.74) is 3.91. The molecular weight excluding hydrogens is 304 g/mol. The number of anilines is 1. The van der Waals surface area contributed by atoms with Crippen LogP contribution in [0.25, 0.3) is 22.8 Å². The van der Waals surface area contributed by atoms with Crippen LogP contribution < -0.4 is 5.32 Å². The lowest BCUT2D eigenvalue weighted by atomic mass is 10.3. The van der Waals surface area contributed by atoms with Gasteiger partial charge in [-0.1, -0.05) is 12.1 Å². The molecule has 0 fully saturated rings. The number of oxazole rings is 1. The first-order valence-corrected chi connectivity index (χ1v) is 7.47. The second-order valence-electron chi connectivity index (χ2n) is 5.41. The summed E-state index contributed by atoms with van der Waals surface area (Å²) in [7, 11) is 0. The average molecular weight is 318 g/mol. The number of rotatable bonds is 3. The van der Waals surface area contributed by atoms with Crippen molar-refractivity contribution in [3.05, 3.63) is 66.5 Å². The molecule has 118 valence electrons. The maximum absolute atomic E-state index is 12.1. The molecule has 0 saturated carbocycles. The molecule has 0 aliphatic heterocycles. The smallest absolute Gasteiger partial charge is 0.248 e. The number of hydrogen-bond donors (Lipinski definition) is 1. The molecule has 0 aliphatic carbocycles. The highest BCUT2D eigenvalue weighted by Crippen LogP contribution is 2.16. The fraction of sp³-hybridized carbons (Fsp3) is 0.0556. The first kappa shape index (κ1) is 14.2. The van der Waals surface area contributed by atoms with Crippen molar-refractivity contribution in [2.45, 2.75) is 6.92 Å². The van der Waals surface area contributed by atoms with E-state index < -0.39 is 0 Å². The molecule has 0 atom stereocenters. The molecule has 4 rings (SSSR count). The fourth-order valence-corrected chi connectivity index (χ4v) is 2.48. The molecule has 6 heteroatoms. The van der Waals surface area contributed by atoms with E-state index in [-0.39, 0.29) is 5.91 Å². The topological polar surface area (TPSA) is 72.4 Å². The van der Waals surface area contributed by atoms with Gasteiger partial charge in [-0.2, -0.15) is 0 Å². The molecule has 0 spiro atoms. The second-order valence-corrected chi connectivity index (χ2v) is 5.41. The number of para-hydroxylation sites is 2. The van der Waals surface area contributed by atoms with Crippen LogP contribution in [0.15, 0.2) is 59.3 Å². The number of hydrogen-bond acceptors (Lipinski definition) is 4. The normalized spacial score (nSPS) is 11.5. The standard InChI is InChI=1S/C18H14N4O2/c1-12-10-22-11-13(6-7-16(22)19-12)20-17(23)8-9-18-21-14-4-2-3-5-15(14)24-18/h2-11H,1H3,(H,20,23)/b9-8-. The Hall–Kier alpha value is -3.41. The summed E-state index contributed by atoms with van der Waals surface area (Å²) >= 11 is 0. The summed E-state index contributed by atoms with van der Waals surface area (Å²) in [5.74, 6) is 0.139. The summed E-state index contributed by atoms with van der Waals surface area (Å²) in [5, 5.41) is 2.80. The molecule has 3 heterocycles. The van der Waals surface area contributed by atoms with Gasteiger partial charge >= 0.3 is 0 Å². The molecule has 0 aliphatic rings. The maximum Gasteiger partial charge on any atom is 0.248 e. The molecule has 1 amide bonds. The van der Waals surface area contributed by atoms with Crippen LogP contribution in [-0.2, 0) is 4.79 Å². The Labute approximate surface area is 137 Å². The van der Waals surface area contributed by atoms with Crippen LogP contribution in [0.3, 0.4) is 0 Å². The van der Waals surface area contributed by atoms with E-state index >= 15 is 0 Å². The van der Waals surface area contributed by atoms with Gasteiger partial charge in [-0.3, -0.25) is 4.79 Å². The number of fused-ring (bicyclic) bond motifs is 2. The Morgan fingerprint density at radius 1 is 1.17 bits per heavy atom. The minimum atomic E-state index is -0.256. The Morgan fingerprint density at radius 2 is 2.04 bits per heavy atom. The van der Waals surface area contributed by atoms with Gasteiger partial charge in [0.25, 0.3) is 0 Å². The van der Waals surface area contributed by atoms with Crippen molar-refractivity contribution in [3.8, 4) is 0 Å². The van der Waals surface area contributed by atoms with E-state index in [0.717, 1.165) is 16.9 Å². The van der Waals surface area contributed by atoms with Crippen LogP contribution in [-0.4, -0.2) is 20.3 Å². The van der Waals surface area contributed by atoms with Crippen LogP contribution in [0.1, 0.15) is 11.6 Å². The lowest BCUT2D eigenvalue weighted by molar-refractivity contribution is -0.111. The van der Waals surface area contributed by atoms with Crippen molar-refractivity contribution in [1.82, 2.24) is 14.4 Å². The molecule has 6 nitrogen and oxygen atoms in total. The van der Waals surface area contributed by atoms with Gasteiger partial charge in [0.1, 0.15) is 11.2 Å². The van der Waals surface area contributed by atoms with E-state index in [1.54, 1.807) is 6.08 Å². The van der Waals surface area contributed by atoms with E-state index in [1.807, 2.05) is 60.1 Å². The maximum atomic E-state index is 12.1. The monoisotopic (exact) mass is 318 g/mol. The van der Waals surface area contributed by atoms with E-state index in [4.69, 9.17) is 4.42 Å². The summed E-state index contributed by atoms with van der Waals surface area (Å²) in [6.45, 7) is 1.92. The van der Waals surface area contributed by atoms with Gasteiger partial charge in [-0.15, -0.1) is 0 Å². The predicted octanol–water partition coefficient (Wildman–Crippen LogP) is 3.44. The van der Waals surface area contributed by atoms with Crippen molar-refractivity contribution < 1.29 is 9.21 Å². The van der Waals surface area contributed by atoms with Crippen molar-refractivity contribution in [2.75, 3.05) is 5.32 Å². The molecule has 1 N–H and O–H groups in total. The Morgan fingerprint density at radius 3 is 2.92 bits per heavy atom. The van der Waals surface area contributed by atoms with Crippen molar-refractivity contribution in [2.24, 2.45) is 0 Å². The zero-order valence-corrected chi connectivity index (χ0v) is 12.9. The highest BCUT2D eigenvalue weighted by Gasteiger charge is 2.04. The third kappa shape index (κ3) is 2.77. The van der Waals surface area contributed by atoms with Crippen LogP contribution >= 0.6 is 0 Å². The molecule has 0 unspecified atom stereocenters. The molecular formula is C18H14N4O2. The molecule has 4 aromatic rings. The molecule has 0 bridgehead atoms. The first-order valence-electron chi connectivity index (χ1n) is 7.47. The number of imidazole rings is 1. The molecule has 0 saturated heterocycles. The lowest BCUT2D eigenvalue weighted by Crippen LogP contribution is -2.08. The van der Waals surface area contributed by atoms with Gasteiger partial charge in [-0.25, -0.2) is 9.97 Å². The number of pyridine rings is 1. The quantitative estimate of drug-likeness (QED) is 0.587. The summed E-state index contributed by atoms with van der Waals surface area (Å²) in [6, 6.07) is 11.1. The van der Waals surface area contributed by atoms with Crippen molar-refractivity contribution in [3.63, 3.8) is 0 Å². The lowest BCUT2D eigenvalue weighted by Gasteiger charge is -2.02. The summed E-state index contributed by atoms with van der Waals surface area (Å²) in [6.07, 6.45) is 6.67. The van der Waals surface area contributed by atoms with Gasteiger partial charge < -0.3 is 14.1 Å².